The molecule has 1 aliphatic rings. The molecule has 1 fully saturated rings. The summed E-state index contributed by atoms with van der Waals surface area (Å²) in [5.74, 6) is 0. The maximum atomic E-state index is 6.42. The number of benzene rings is 2. The van der Waals surface area contributed by atoms with E-state index in [0.717, 1.165) is 29.8 Å². The van der Waals surface area contributed by atoms with E-state index in [1.165, 1.54) is 16.8 Å². The molecule has 3 heteroatoms. The molecule has 0 bridgehead atoms. The monoisotopic (exact) mass is 312 g/mol. The second-order valence-electron chi connectivity index (χ2n) is 5.74. The zero-order valence-electron chi connectivity index (χ0n) is 12.8. The Morgan fingerprint density at radius 3 is 2.50 bits per heavy atom. The van der Waals surface area contributed by atoms with Crippen LogP contribution in [0, 0.1) is 0 Å². The van der Waals surface area contributed by atoms with Crippen molar-refractivity contribution in [2.75, 3.05) is 7.05 Å². The summed E-state index contributed by atoms with van der Waals surface area (Å²) in [6.45, 7) is 0. The highest BCUT2D eigenvalue weighted by Crippen LogP contribution is 2.40. The summed E-state index contributed by atoms with van der Waals surface area (Å²) in [4.78, 5) is 2.30. The van der Waals surface area contributed by atoms with Gasteiger partial charge in [-0.15, -0.1) is 0 Å². The lowest BCUT2D eigenvalue weighted by atomic mass is 9.88. The molecule has 2 nitrogen and oxygen atoms in total. The molecule has 22 heavy (non-hydrogen) atoms. The first-order chi connectivity index (χ1) is 10.7. The Bertz CT molecular complexity index is 693. The minimum absolute atomic E-state index is 0.344. The summed E-state index contributed by atoms with van der Waals surface area (Å²) in [6.07, 6.45) is 5.09. The number of nitrogens with two attached hydrogens (primary N) is 1. The Hall–Kier alpha value is -1.93. The first-order valence-electron chi connectivity index (χ1n) is 7.70. The van der Waals surface area contributed by atoms with Crippen molar-refractivity contribution >= 4 is 11.6 Å². The van der Waals surface area contributed by atoms with Gasteiger partial charge in [0, 0.05) is 29.5 Å². The van der Waals surface area contributed by atoms with Crippen molar-refractivity contribution in [3.63, 3.8) is 0 Å². The maximum absolute atomic E-state index is 6.42. The van der Waals surface area contributed by atoms with E-state index in [9.17, 15) is 0 Å². The highest BCUT2D eigenvalue weighted by molar-refractivity contribution is 6.33. The highest BCUT2D eigenvalue weighted by atomic mass is 35.5. The molecule has 1 unspecified atom stereocenters. The SMILES string of the molecule is CN1/C(=C\N)CCCC1c1ccccc1-c1ccccc1Cl. The van der Waals surface area contributed by atoms with Crippen molar-refractivity contribution in [1.29, 1.82) is 0 Å². The summed E-state index contributed by atoms with van der Waals surface area (Å²) >= 11 is 6.42. The van der Waals surface area contributed by atoms with Crippen molar-refractivity contribution in [3.8, 4) is 11.1 Å². The third kappa shape index (κ3) is 2.71. The fourth-order valence-corrected chi connectivity index (χ4v) is 3.56. The normalized spacial score (nSPS) is 20.4. The average Bonchev–Trinajstić information content (AvgIpc) is 2.56. The topological polar surface area (TPSA) is 29.3 Å². The molecule has 0 aliphatic carbocycles. The first-order valence-corrected chi connectivity index (χ1v) is 8.07. The first kappa shape index (κ1) is 15.0. The molecule has 0 saturated carbocycles. The Morgan fingerprint density at radius 1 is 1.09 bits per heavy atom. The molecule has 2 aromatic rings. The lowest BCUT2D eigenvalue weighted by Gasteiger charge is -2.37. The molecule has 0 aromatic heterocycles. The molecule has 2 aromatic carbocycles. The van der Waals surface area contributed by atoms with Crippen LogP contribution in [0.3, 0.4) is 0 Å². The number of piperidine rings is 1. The van der Waals surface area contributed by atoms with Crippen molar-refractivity contribution in [3.05, 3.63) is 71.0 Å². The van der Waals surface area contributed by atoms with Gasteiger partial charge in [0.05, 0.1) is 6.04 Å². The number of likely N-dealkylation sites (tertiary alicyclic amines) is 1. The highest BCUT2D eigenvalue weighted by Gasteiger charge is 2.25. The van der Waals surface area contributed by atoms with E-state index >= 15 is 0 Å². The van der Waals surface area contributed by atoms with Crippen LogP contribution < -0.4 is 5.73 Å². The third-order valence-corrected chi connectivity index (χ3v) is 4.84. The van der Waals surface area contributed by atoms with E-state index < -0.39 is 0 Å². The van der Waals surface area contributed by atoms with Crippen molar-refractivity contribution in [2.45, 2.75) is 25.3 Å². The van der Waals surface area contributed by atoms with Gasteiger partial charge < -0.3 is 10.6 Å². The minimum Gasteiger partial charge on any atom is -0.403 e. The second kappa shape index (κ2) is 6.45. The van der Waals surface area contributed by atoms with Crippen molar-refractivity contribution < 1.29 is 0 Å². The number of halogens is 1. The van der Waals surface area contributed by atoms with Gasteiger partial charge >= 0.3 is 0 Å². The Balaban J connectivity index is 2.07. The molecule has 1 saturated heterocycles. The molecule has 0 radical (unpaired) electrons. The van der Waals surface area contributed by atoms with E-state index in [0.29, 0.717) is 6.04 Å². The van der Waals surface area contributed by atoms with Crippen LogP contribution in [-0.4, -0.2) is 11.9 Å². The van der Waals surface area contributed by atoms with Crippen molar-refractivity contribution in [2.24, 2.45) is 5.73 Å². The van der Waals surface area contributed by atoms with E-state index in [1.54, 1.807) is 6.20 Å². The summed E-state index contributed by atoms with van der Waals surface area (Å²) in [7, 11) is 2.13. The van der Waals surface area contributed by atoms with Gasteiger partial charge in [0.25, 0.3) is 0 Å². The van der Waals surface area contributed by atoms with Crippen LogP contribution in [0.1, 0.15) is 30.9 Å². The van der Waals surface area contributed by atoms with Crippen molar-refractivity contribution in [1.82, 2.24) is 4.90 Å². The molecule has 1 aliphatic heterocycles. The molecular formula is C19H21ClN2. The Morgan fingerprint density at radius 2 is 1.77 bits per heavy atom. The smallest absolute Gasteiger partial charge is 0.0542 e. The van der Waals surface area contributed by atoms with Gasteiger partial charge in [-0.1, -0.05) is 54.1 Å². The van der Waals surface area contributed by atoms with E-state index in [1.807, 2.05) is 18.2 Å². The largest absolute Gasteiger partial charge is 0.403 e. The number of hydrogen-bond acceptors (Lipinski definition) is 2. The van der Waals surface area contributed by atoms with E-state index in [4.69, 9.17) is 17.3 Å². The predicted octanol–water partition coefficient (Wildman–Crippen LogP) is 4.96. The van der Waals surface area contributed by atoms with Crippen LogP contribution in [-0.2, 0) is 0 Å². The molecule has 1 atom stereocenters. The predicted molar refractivity (Wildman–Crippen MR) is 93.5 cm³/mol. The zero-order valence-corrected chi connectivity index (χ0v) is 13.6. The van der Waals surface area contributed by atoms with Gasteiger partial charge in [-0.2, -0.15) is 0 Å². The fraction of sp³-hybridized carbons (Fsp3) is 0.263. The van der Waals surface area contributed by atoms with Gasteiger partial charge in [-0.3, -0.25) is 0 Å². The summed E-state index contributed by atoms with van der Waals surface area (Å²) in [5.41, 5.74) is 10.6. The van der Waals surface area contributed by atoms with Gasteiger partial charge in [-0.05, 0) is 36.5 Å². The molecule has 0 amide bonds. The van der Waals surface area contributed by atoms with Gasteiger partial charge in [-0.25, -0.2) is 0 Å². The van der Waals surface area contributed by atoms with Gasteiger partial charge in [0.15, 0.2) is 0 Å². The van der Waals surface area contributed by atoms with Crippen LogP contribution in [0.25, 0.3) is 11.1 Å². The van der Waals surface area contributed by atoms with Crippen LogP contribution in [0.15, 0.2) is 60.4 Å². The number of allylic oxidation sites excluding steroid dienone is 1. The second-order valence-corrected chi connectivity index (χ2v) is 6.15. The lowest BCUT2D eigenvalue weighted by Crippen LogP contribution is -2.29. The van der Waals surface area contributed by atoms with Gasteiger partial charge in [0.2, 0.25) is 0 Å². The van der Waals surface area contributed by atoms with E-state index in [2.05, 4.69) is 42.3 Å². The number of rotatable bonds is 2. The quantitative estimate of drug-likeness (QED) is 0.849. The van der Waals surface area contributed by atoms with Crippen LogP contribution in [0.2, 0.25) is 5.02 Å². The van der Waals surface area contributed by atoms with Crippen LogP contribution in [0.5, 0.6) is 0 Å². The average molecular weight is 313 g/mol. The number of hydrogen-bond donors (Lipinski definition) is 1. The molecule has 1 heterocycles. The molecule has 2 N–H and O–H groups in total. The Kier molecular flexibility index (Phi) is 4.39. The number of nitrogens with zero attached hydrogens (tertiary/aromatic N) is 1. The van der Waals surface area contributed by atoms with Gasteiger partial charge in [0.1, 0.15) is 0 Å². The summed E-state index contributed by atoms with van der Waals surface area (Å²) in [5, 5.41) is 0.794. The van der Waals surface area contributed by atoms with E-state index in [-0.39, 0.29) is 0 Å². The summed E-state index contributed by atoms with van der Waals surface area (Å²) in [6, 6.07) is 16.9. The molecule has 114 valence electrons. The fourth-order valence-electron chi connectivity index (χ4n) is 3.32. The minimum atomic E-state index is 0.344. The maximum Gasteiger partial charge on any atom is 0.0542 e. The lowest BCUT2D eigenvalue weighted by molar-refractivity contribution is 0.242. The molecule has 0 spiro atoms. The zero-order chi connectivity index (χ0) is 15.5. The third-order valence-electron chi connectivity index (χ3n) is 4.51. The standard InChI is InChI=1S/C19H21ClN2/c1-22-14(13-21)7-6-12-19(22)17-10-3-2-8-15(17)16-9-4-5-11-18(16)20/h2-5,8-11,13,19H,6-7,12,21H2,1H3/b14-13-. The van der Waals surface area contributed by atoms with Crippen LogP contribution in [0.4, 0.5) is 0 Å². The summed E-state index contributed by atoms with van der Waals surface area (Å²) < 4.78 is 0. The van der Waals surface area contributed by atoms with Crippen LogP contribution >= 0.6 is 11.6 Å². The molecule has 3 rings (SSSR count). The Labute approximate surface area is 137 Å². The molecular weight excluding hydrogens is 292 g/mol.